The Morgan fingerprint density at radius 1 is 0.702 bits per heavy atom. The van der Waals surface area contributed by atoms with Crippen LogP contribution in [0, 0.1) is 6.92 Å². The van der Waals surface area contributed by atoms with E-state index in [2.05, 4.69) is 13.2 Å². The number of hydrogen-bond acceptors (Lipinski definition) is 12. The molecule has 0 radical (unpaired) electrons. The topological polar surface area (TPSA) is 158 Å². The molecule has 0 aliphatic carbocycles. The third kappa shape index (κ3) is 11.1. The molecule has 1 atom stereocenters. The third-order valence-electron chi connectivity index (χ3n) is 6.18. The summed E-state index contributed by atoms with van der Waals surface area (Å²) < 4.78 is 31.1. The number of ether oxygens (including phenoxy) is 6. The van der Waals surface area contributed by atoms with Crippen LogP contribution in [0.1, 0.15) is 52.5 Å². The van der Waals surface area contributed by atoms with Gasteiger partial charge in [0.15, 0.2) is 6.10 Å². The van der Waals surface area contributed by atoms with Gasteiger partial charge < -0.3 is 28.4 Å². The predicted octanol–water partition coefficient (Wildman–Crippen LogP) is 5.26. The highest BCUT2D eigenvalue weighted by Gasteiger charge is 2.22. The molecule has 3 aromatic rings. The van der Waals surface area contributed by atoms with Crippen LogP contribution in [-0.2, 0) is 28.7 Å². The summed E-state index contributed by atoms with van der Waals surface area (Å²) in [5, 5.41) is 0. The molecule has 0 saturated carbocycles. The Kier molecular flexibility index (Phi) is 13.2. The summed E-state index contributed by atoms with van der Waals surface area (Å²) in [5.74, 6) is -3.18. The molecule has 47 heavy (non-hydrogen) atoms. The maximum Gasteiger partial charge on any atom is 0.352 e. The molecule has 244 valence electrons. The molecular weight excluding hydrogens is 612 g/mol. The SMILES string of the molecule is C=CC(=O)OCCCC(=O)Oc1ccc(C(=O)Oc2ccc(OC(=O)c3ccc(OC(=O)C(CC)OC(=O)C=C)cc3)c(C)c2)cc1. The van der Waals surface area contributed by atoms with Crippen molar-refractivity contribution < 1.29 is 57.2 Å². The fourth-order valence-corrected chi connectivity index (χ4v) is 3.74. The number of rotatable bonds is 15. The van der Waals surface area contributed by atoms with Gasteiger partial charge in [0.1, 0.15) is 23.0 Å². The van der Waals surface area contributed by atoms with Gasteiger partial charge in [0, 0.05) is 18.6 Å². The molecule has 1 unspecified atom stereocenters. The first-order chi connectivity index (χ1) is 22.5. The molecule has 12 heteroatoms. The van der Waals surface area contributed by atoms with Crippen molar-refractivity contribution in [3.05, 3.63) is 109 Å². The Balaban J connectivity index is 1.51. The van der Waals surface area contributed by atoms with E-state index in [0.717, 1.165) is 12.2 Å². The van der Waals surface area contributed by atoms with Crippen molar-refractivity contribution in [2.75, 3.05) is 6.61 Å². The minimum Gasteiger partial charge on any atom is -0.463 e. The van der Waals surface area contributed by atoms with Crippen LogP contribution in [0.4, 0.5) is 0 Å². The molecular formula is C35H32O12. The summed E-state index contributed by atoms with van der Waals surface area (Å²) in [6, 6.07) is 15.8. The first-order valence-electron chi connectivity index (χ1n) is 14.3. The fraction of sp³-hybridized carbons (Fsp3) is 0.200. The second-order valence-corrected chi connectivity index (χ2v) is 9.66. The van der Waals surface area contributed by atoms with Gasteiger partial charge in [0.2, 0.25) is 0 Å². The number of carbonyl (C=O) groups is 6. The molecule has 12 nitrogen and oxygen atoms in total. The summed E-state index contributed by atoms with van der Waals surface area (Å²) in [5.41, 5.74) is 0.884. The smallest absolute Gasteiger partial charge is 0.352 e. The van der Waals surface area contributed by atoms with Crippen LogP contribution in [-0.4, -0.2) is 48.5 Å². The maximum atomic E-state index is 12.7. The lowest BCUT2D eigenvalue weighted by atomic mass is 10.2. The highest BCUT2D eigenvalue weighted by molar-refractivity contribution is 5.92. The van der Waals surface area contributed by atoms with E-state index >= 15 is 0 Å². The summed E-state index contributed by atoms with van der Waals surface area (Å²) >= 11 is 0. The maximum absolute atomic E-state index is 12.7. The van der Waals surface area contributed by atoms with Crippen LogP contribution in [0.25, 0.3) is 0 Å². The molecule has 0 saturated heterocycles. The highest BCUT2D eigenvalue weighted by Crippen LogP contribution is 2.26. The van der Waals surface area contributed by atoms with Gasteiger partial charge in [0.25, 0.3) is 0 Å². The molecule has 0 aliphatic heterocycles. The van der Waals surface area contributed by atoms with E-state index < -0.39 is 41.9 Å². The zero-order chi connectivity index (χ0) is 34.3. The van der Waals surface area contributed by atoms with Crippen LogP contribution in [0.5, 0.6) is 23.0 Å². The molecule has 0 aromatic heterocycles. The number of benzene rings is 3. The fourth-order valence-electron chi connectivity index (χ4n) is 3.74. The van der Waals surface area contributed by atoms with Crippen LogP contribution in [0.2, 0.25) is 0 Å². The second-order valence-electron chi connectivity index (χ2n) is 9.66. The minimum atomic E-state index is -1.10. The van der Waals surface area contributed by atoms with Crippen LogP contribution in [0.15, 0.2) is 92.0 Å². The van der Waals surface area contributed by atoms with Crippen molar-refractivity contribution in [1.29, 1.82) is 0 Å². The first kappa shape index (κ1) is 35.4. The molecule has 3 aromatic carbocycles. The Morgan fingerprint density at radius 3 is 1.81 bits per heavy atom. The standard InChI is InChI=1S/C35H32O12/c1-5-28(46-31(37)7-3)35(41)44-26-16-12-24(13-17-26)34(40)47-29-19-18-27(21-22(29)4)45-33(39)23-10-14-25(15-11-23)43-32(38)9-8-20-42-30(36)6-2/h6-7,10-19,21,28H,2-3,5,8-9,20H2,1,4H3. The van der Waals surface area contributed by atoms with Crippen molar-refractivity contribution in [2.24, 2.45) is 0 Å². The monoisotopic (exact) mass is 644 g/mol. The van der Waals surface area contributed by atoms with Crippen molar-refractivity contribution >= 4 is 35.8 Å². The van der Waals surface area contributed by atoms with E-state index in [0.29, 0.717) is 5.56 Å². The Morgan fingerprint density at radius 2 is 1.26 bits per heavy atom. The Bertz CT molecular complexity index is 1640. The van der Waals surface area contributed by atoms with Crippen molar-refractivity contribution in [3.63, 3.8) is 0 Å². The minimum absolute atomic E-state index is 0.0275. The van der Waals surface area contributed by atoms with Crippen LogP contribution >= 0.6 is 0 Å². The van der Waals surface area contributed by atoms with E-state index in [1.807, 2.05) is 0 Å². The van der Waals surface area contributed by atoms with E-state index in [4.69, 9.17) is 28.4 Å². The van der Waals surface area contributed by atoms with Gasteiger partial charge >= 0.3 is 35.8 Å². The lowest BCUT2D eigenvalue weighted by molar-refractivity contribution is -0.158. The van der Waals surface area contributed by atoms with Gasteiger partial charge in [-0.15, -0.1) is 0 Å². The summed E-state index contributed by atoms with van der Waals surface area (Å²) in [7, 11) is 0. The second kappa shape index (κ2) is 17.4. The molecule has 3 rings (SSSR count). The lowest BCUT2D eigenvalue weighted by Crippen LogP contribution is -2.30. The molecule has 0 N–H and O–H groups in total. The van der Waals surface area contributed by atoms with Gasteiger partial charge in [-0.05, 0) is 92.1 Å². The Labute approximate surface area is 270 Å². The zero-order valence-electron chi connectivity index (χ0n) is 25.7. The average Bonchev–Trinajstić information content (AvgIpc) is 3.07. The van der Waals surface area contributed by atoms with Gasteiger partial charge in [0.05, 0.1) is 17.7 Å². The van der Waals surface area contributed by atoms with Crippen molar-refractivity contribution in [3.8, 4) is 23.0 Å². The average molecular weight is 645 g/mol. The summed E-state index contributed by atoms with van der Waals surface area (Å²) in [6.07, 6.45) is 1.38. The molecule has 0 heterocycles. The first-order valence-corrected chi connectivity index (χ1v) is 14.3. The van der Waals surface area contributed by atoms with E-state index in [-0.39, 0.29) is 60.0 Å². The van der Waals surface area contributed by atoms with Gasteiger partial charge in [-0.25, -0.2) is 24.0 Å². The van der Waals surface area contributed by atoms with E-state index in [9.17, 15) is 28.8 Å². The molecule has 0 amide bonds. The lowest BCUT2D eigenvalue weighted by Gasteiger charge is -2.14. The van der Waals surface area contributed by atoms with Crippen LogP contribution in [0.3, 0.4) is 0 Å². The van der Waals surface area contributed by atoms with Crippen LogP contribution < -0.4 is 18.9 Å². The number of aryl methyl sites for hydroxylation is 1. The predicted molar refractivity (Wildman–Crippen MR) is 166 cm³/mol. The molecule has 0 spiro atoms. The number of esters is 6. The number of carbonyl (C=O) groups excluding carboxylic acids is 6. The van der Waals surface area contributed by atoms with Gasteiger partial charge in [-0.1, -0.05) is 20.1 Å². The summed E-state index contributed by atoms with van der Waals surface area (Å²) in [6.45, 7) is 9.95. The van der Waals surface area contributed by atoms with Crippen molar-refractivity contribution in [1.82, 2.24) is 0 Å². The van der Waals surface area contributed by atoms with Gasteiger partial charge in [-0.2, -0.15) is 0 Å². The zero-order valence-corrected chi connectivity index (χ0v) is 25.7. The normalized spacial score (nSPS) is 10.9. The molecule has 0 fully saturated rings. The molecule has 0 aliphatic rings. The van der Waals surface area contributed by atoms with E-state index in [1.54, 1.807) is 13.8 Å². The number of hydrogen-bond donors (Lipinski definition) is 0. The highest BCUT2D eigenvalue weighted by atomic mass is 16.6. The van der Waals surface area contributed by atoms with Gasteiger partial charge in [-0.3, -0.25) is 4.79 Å². The molecule has 0 bridgehead atoms. The third-order valence-corrected chi connectivity index (χ3v) is 6.18. The Hall–Kier alpha value is -6.04. The summed E-state index contributed by atoms with van der Waals surface area (Å²) in [4.78, 5) is 72.0. The largest absolute Gasteiger partial charge is 0.463 e. The van der Waals surface area contributed by atoms with E-state index in [1.165, 1.54) is 66.7 Å². The van der Waals surface area contributed by atoms with Crippen molar-refractivity contribution in [2.45, 2.75) is 39.2 Å². The quantitative estimate of drug-likeness (QED) is 0.0916.